The highest BCUT2D eigenvalue weighted by Gasteiger charge is 2.28. The Kier molecular flexibility index (Phi) is 3.91. The van der Waals surface area contributed by atoms with Gasteiger partial charge in [0.1, 0.15) is 17.1 Å². The van der Waals surface area contributed by atoms with Crippen molar-refractivity contribution < 1.29 is 0 Å². The Morgan fingerprint density at radius 3 is 2.35 bits per heavy atom. The third-order valence-electron chi connectivity index (χ3n) is 5.45. The lowest BCUT2D eigenvalue weighted by Gasteiger charge is -2.30. The summed E-state index contributed by atoms with van der Waals surface area (Å²) in [6.45, 7) is 2.12. The van der Waals surface area contributed by atoms with Crippen molar-refractivity contribution >= 4 is 21.8 Å². The van der Waals surface area contributed by atoms with Crippen LogP contribution in [-0.4, -0.2) is 28.1 Å². The van der Waals surface area contributed by atoms with Crippen LogP contribution in [0, 0.1) is 5.92 Å². The summed E-state index contributed by atoms with van der Waals surface area (Å²) in [4.78, 5) is 1.95. The summed E-state index contributed by atoms with van der Waals surface area (Å²) in [6, 6.07) is 23.6. The van der Waals surface area contributed by atoms with E-state index in [1.807, 2.05) is 29.1 Å². The predicted octanol–water partition coefficient (Wildman–Crippen LogP) is 4.17. The van der Waals surface area contributed by atoms with Gasteiger partial charge in [-0.3, -0.25) is 0 Å². The molecule has 0 spiro atoms. The van der Waals surface area contributed by atoms with E-state index in [4.69, 9.17) is 10.2 Å². The standard InChI is InChI=1S/C22H22N4/c1-2-7-17-14-18(12-11-16(17)6-1)22(19-8-5-13-23-15-19)26-24-20-9-3-4-10-21(20)25-26/h1-4,6-7,9-12,14,19,22-23H,5,8,13,15H2/t19-,22?/m0/s1. The van der Waals surface area contributed by atoms with Crippen LogP contribution in [0.5, 0.6) is 0 Å². The fourth-order valence-corrected chi connectivity index (χ4v) is 4.13. The first-order valence-corrected chi connectivity index (χ1v) is 9.39. The van der Waals surface area contributed by atoms with Crippen molar-refractivity contribution in [3.05, 3.63) is 72.3 Å². The van der Waals surface area contributed by atoms with Crippen LogP contribution in [0.3, 0.4) is 0 Å². The van der Waals surface area contributed by atoms with E-state index in [-0.39, 0.29) is 6.04 Å². The van der Waals surface area contributed by atoms with E-state index in [1.165, 1.54) is 29.2 Å². The van der Waals surface area contributed by atoms with Gasteiger partial charge in [0.25, 0.3) is 0 Å². The van der Waals surface area contributed by atoms with Crippen molar-refractivity contribution in [3.8, 4) is 0 Å². The SMILES string of the molecule is c1ccc2cc(C([C@H]3CCCNC3)n3nc4ccccc4n3)ccc2c1. The number of fused-ring (bicyclic) bond motifs is 2. The van der Waals surface area contributed by atoms with E-state index >= 15 is 0 Å². The lowest BCUT2D eigenvalue weighted by Crippen LogP contribution is -2.36. The van der Waals surface area contributed by atoms with Gasteiger partial charge in [-0.1, -0.05) is 48.5 Å². The molecule has 2 heterocycles. The summed E-state index contributed by atoms with van der Waals surface area (Å²) in [5.74, 6) is 0.492. The molecule has 4 heteroatoms. The fraction of sp³-hybridized carbons (Fsp3) is 0.273. The Morgan fingerprint density at radius 1 is 0.885 bits per heavy atom. The molecule has 130 valence electrons. The maximum atomic E-state index is 4.82. The molecule has 4 nitrogen and oxygen atoms in total. The molecule has 0 saturated carbocycles. The van der Waals surface area contributed by atoms with Crippen LogP contribution in [-0.2, 0) is 0 Å². The lowest BCUT2D eigenvalue weighted by molar-refractivity contribution is 0.265. The molecule has 1 unspecified atom stereocenters. The van der Waals surface area contributed by atoms with Gasteiger partial charge in [0.05, 0.1) is 0 Å². The summed E-state index contributed by atoms with van der Waals surface area (Å²) in [5, 5.41) is 15.7. The number of piperidine rings is 1. The van der Waals surface area contributed by atoms with E-state index in [1.54, 1.807) is 0 Å². The van der Waals surface area contributed by atoms with Crippen molar-refractivity contribution in [2.24, 2.45) is 5.92 Å². The Labute approximate surface area is 152 Å². The molecular weight excluding hydrogens is 320 g/mol. The van der Waals surface area contributed by atoms with E-state index in [0.29, 0.717) is 5.92 Å². The minimum Gasteiger partial charge on any atom is -0.316 e. The molecule has 2 atom stereocenters. The number of rotatable bonds is 3. The largest absolute Gasteiger partial charge is 0.316 e. The van der Waals surface area contributed by atoms with E-state index in [2.05, 4.69) is 47.8 Å². The molecule has 0 aliphatic carbocycles. The normalized spacial score (nSPS) is 19.0. The van der Waals surface area contributed by atoms with Crippen LogP contribution in [0.4, 0.5) is 0 Å². The molecule has 1 saturated heterocycles. The topological polar surface area (TPSA) is 42.7 Å². The van der Waals surface area contributed by atoms with Crippen molar-refractivity contribution in [1.82, 2.24) is 20.3 Å². The van der Waals surface area contributed by atoms with Crippen LogP contribution >= 0.6 is 0 Å². The van der Waals surface area contributed by atoms with Gasteiger partial charge in [0.2, 0.25) is 0 Å². The molecule has 1 aromatic heterocycles. The molecule has 0 bridgehead atoms. The monoisotopic (exact) mass is 342 g/mol. The highest BCUT2D eigenvalue weighted by molar-refractivity contribution is 5.83. The second-order valence-corrected chi connectivity index (χ2v) is 7.17. The van der Waals surface area contributed by atoms with Gasteiger partial charge in [-0.25, -0.2) is 0 Å². The summed E-state index contributed by atoms with van der Waals surface area (Å²) in [7, 11) is 0. The first-order chi connectivity index (χ1) is 12.9. The third-order valence-corrected chi connectivity index (χ3v) is 5.45. The zero-order valence-corrected chi connectivity index (χ0v) is 14.7. The molecule has 1 aliphatic heterocycles. The maximum absolute atomic E-state index is 4.82. The number of nitrogens with one attached hydrogen (secondary N) is 1. The second kappa shape index (κ2) is 6.54. The minimum atomic E-state index is 0.153. The summed E-state index contributed by atoms with van der Waals surface area (Å²) < 4.78 is 0. The average Bonchev–Trinajstić information content (AvgIpc) is 3.12. The number of aromatic nitrogens is 3. The Morgan fingerprint density at radius 2 is 1.62 bits per heavy atom. The van der Waals surface area contributed by atoms with Crippen LogP contribution in [0.1, 0.15) is 24.4 Å². The van der Waals surface area contributed by atoms with Gasteiger partial charge in [-0.05, 0) is 59.8 Å². The van der Waals surface area contributed by atoms with E-state index in [0.717, 1.165) is 24.1 Å². The molecular formula is C22H22N4. The van der Waals surface area contributed by atoms with Gasteiger partial charge < -0.3 is 5.32 Å². The lowest BCUT2D eigenvalue weighted by atomic mass is 9.87. The zero-order chi connectivity index (χ0) is 17.3. The Balaban J connectivity index is 1.64. The Bertz CT molecular complexity index is 1010. The summed E-state index contributed by atoms with van der Waals surface area (Å²) >= 11 is 0. The first kappa shape index (κ1) is 15.5. The molecule has 1 fully saturated rings. The van der Waals surface area contributed by atoms with Crippen LogP contribution in [0.25, 0.3) is 21.8 Å². The number of hydrogen-bond acceptors (Lipinski definition) is 3. The highest BCUT2D eigenvalue weighted by atomic mass is 15.5. The summed E-state index contributed by atoms with van der Waals surface area (Å²) in [6.07, 6.45) is 2.40. The second-order valence-electron chi connectivity index (χ2n) is 7.17. The molecule has 0 amide bonds. The molecule has 4 aromatic rings. The van der Waals surface area contributed by atoms with Gasteiger partial charge in [0.15, 0.2) is 0 Å². The van der Waals surface area contributed by atoms with E-state index < -0.39 is 0 Å². The molecule has 1 N–H and O–H groups in total. The predicted molar refractivity (Wildman–Crippen MR) is 105 cm³/mol. The zero-order valence-electron chi connectivity index (χ0n) is 14.7. The molecule has 0 radical (unpaired) electrons. The van der Waals surface area contributed by atoms with Gasteiger partial charge in [0, 0.05) is 6.54 Å². The number of benzene rings is 3. The van der Waals surface area contributed by atoms with E-state index in [9.17, 15) is 0 Å². The number of hydrogen-bond donors (Lipinski definition) is 1. The molecule has 5 rings (SSSR count). The fourth-order valence-electron chi connectivity index (χ4n) is 4.13. The number of nitrogens with zero attached hydrogens (tertiary/aromatic N) is 3. The smallest absolute Gasteiger partial charge is 0.113 e. The summed E-state index contributed by atoms with van der Waals surface area (Å²) in [5.41, 5.74) is 3.21. The first-order valence-electron chi connectivity index (χ1n) is 9.39. The van der Waals surface area contributed by atoms with Gasteiger partial charge in [-0.2, -0.15) is 15.0 Å². The quantitative estimate of drug-likeness (QED) is 0.607. The van der Waals surface area contributed by atoms with Gasteiger partial charge >= 0.3 is 0 Å². The maximum Gasteiger partial charge on any atom is 0.113 e. The van der Waals surface area contributed by atoms with Crippen LogP contribution in [0.2, 0.25) is 0 Å². The van der Waals surface area contributed by atoms with Crippen LogP contribution in [0.15, 0.2) is 66.7 Å². The highest BCUT2D eigenvalue weighted by Crippen LogP contribution is 2.32. The average molecular weight is 342 g/mol. The molecule has 26 heavy (non-hydrogen) atoms. The Hall–Kier alpha value is -2.72. The van der Waals surface area contributed by atoms with Crippen molar-refractivity contribution in [1.29, 1.82) is 0 Å². The molecule has 1 aliphatic rings. The van der Waals surface area contributed by atoms with Crippen molar-refractivity contribution in [2.45, 2.75) is 18.9 Å². The van der Waals surface area contributed by atoms with Crippen LogP contribution < -0.4 is 5.32 Å². The van der Waals surface area contributed by atoms with Gasteiger partial charge in [-0.15, -0.1) is 0 Å². The van der Waals surface area contributed by atoms with Crippen molar-refractivity contribution in [3.63, 3.8) is 0 Å². The third kappa shape index (κ3) is 2.76. The molecule has 3 aromatic carbocycles. The minimum absolute atomic E-state index is 0.153. The van der Waals surface area contributed by atoms with Crippen molar-refractivity contribution in [2.75, 3.05) is 13.1 Å².